The number of hydrogen-bond donors (Lipinski definition) is 2. The van der Waals surface area contributed by atoms with E-state index in [4.69, 9.17) is 0 Å². The Morgan fingerprint density at radius 1 is 0.633 bits per heavy atom. The SMILES string of the molecule is CCCc1cc(N2C(C)C(C)N(c3ccc(O)c(CCC)c3)C(C)C2C)ccc1O. The Morgan fingerprint density at radius 3 is 1.27 bits per heavy atom. The molecule has 0 saturated carbocycles. The highest BCUT2D eigenvalue weighted by Crippen LogP contribution is 2.37. The summed E-state index contributed by atoms with van der Waals surface area (Å²) in [4.78, 5) is 5.02. The average molecular weight is 411 g/mol. The maximum Gasteiger partial charge on any atom is 0.118 e. The summed E-state index contributed by atoms with van der Waals surface area (Å²) < 4.78 is 0. The van der Waals surface area contributed by atoms with Crippen molar-refractivity contribution in [2.75, 3.05) is 9.80 Å². The van der Waals surface area contributed by atoms with Gasteiger partial charge in [0.05, 0.1) is 0 Å². The predicted octanol–water partition coefficient (Wildman–Crippen LogP) is 5.88. The number of phenols is 2. The Labute approximate surface area is 182 Å². The second-order valence-electron chi connectivity index (χ2n) is 8.90. The average Bonchev–Trinajstić information content (AvgIpc) is 2.72. The summed E-state index contributed by atoms with van der Waals surface area (Å²) in [6.45, 7) is 13.5. The summed E-state index contributed by atoms with van der Waals surface area (Å²) in [5.74, 6) is 0.793. The fourth-order valence-electron chi connectivity index (χ4n) is 5.02. The van der Waals surface area contributed by atoms with Crippen LogP contribution in [0, 0.1) is 0 Å². The Hall–Kier alpha value is -2.36. The molecule has 2 aromatic rings. The van der Waals surface area contributed by atoms with Crippen LogP contribution in [0.4, 0.5) is 11.4 Å². The van der Waals surface area contributed by atoms with Crippen molar-refractivity contribution in [1.29, 1.82) is 0 Å². The zero-order valence-electron chi connectivity index (χ0n) is 19.4. The van der Waals surface area contributed by atoms with Crippen LogP contribution in [0.25, 0.3) is 0 Å². The maximum atomic E-state index is 10.2. The van der Waals surface area contributed by atoms with Crippen molar-refractivity contribution in [3.8, 4) is 11.5 Å². The van der Waals surface area contributed by atoms with Gasteiger partial charge in [-0.1, -0.05) is 26.7 Å². The lowest BCUT2D eigenvalue weighted by Crippen LogP contribution is -2.66. The van der Waals surface area contributed by atoms with Crippen LogP contribution in [-0.2, 0) is 12.8 Å². The van der Waals surface area contributed by atoms with Crippen LogP contribution < -0.4 is 9.80 Å². The van der Waals surface area contributed by atoms with Crippen LogP contribution >= 0.6 is 0 Å². The molecule has 1 aliphatic heterocycles. The van der Waals surface area contributed by atoms with E-state index in [0.29, 0.717) is 35.7 Å². The van der Waals surface area contributed by atoms with Gasteiger partial charge in [0, 0.05) is 35.5 Å². The minimum absolute atomic E-state index is 0.304. The molecule has 0 amide bonds. The Kier molecular flexibility index (Phi) is 6.84. The molecular formula is C26H38N2O2. The molecule has 1 aliphatic rings. The molecule has 30 heavy (non-hydrogen) atoms. The lowest BCUT2D eigenvalue weighted by Gasteiger charge is -2.55. The first-order chi connectivity index (χ1) is 14.3. The van der Waals surface area contributed by atoms with Crippen molar-refractivity contribution >= 4 is 11.4 Å². The molecule has 164 valence electrons. The maximum absolute atomic E-state index is 10.2. The van der Waals surface area contributed by atoms with E-state index in [0.717, 1.165) is 36.8 Å². The number of anilines is 2. The summed E-state index contributed by atoms with van der Waals surface area (Å²) >= 11 is 0. The molecule has 0 spiro atoms. The predicted molar refractivity (Wildman–Crippen MR) is 127 cm³/mol. The van der Waals surface area contributed by atoms with E-state index >= 15 is 0 Å². The second kappa shape index (κ2) is 9.20. The third kappa shape index (κ3) is 4.10. The second-order valence-corrected chi connectivity index (χ2v) is 8.90. The van der Waals surface area contributed by atoms with Gasteiger partial charge >= 0.3 is 0 Å². The van der Waals surface area contributed by atoms with Gasteiger partial charge in [0.25, 0.3) is 0 Å². The van der Waals surface area contributed by atoms with Crippen LogP contribution in [0.3, 0.4) is 0 Å². The lowest BCUT2D eigenvalue weighted by molar-refractivity contribution is 0.345. The quantitative estimate of drug-likeness (QED) is 0.624. The van der Waals surface area contributed by atoms with Gasteiger partial charge in [0.1, 0.15) is 11.5 Å². The molecule has 0 bridgehead atoms. The largest absolute Gasteiger partial charge is 0.508 e. The Bertz CT molecular complexity index is 779. The number of aryl methyl sites for hydroxylation is 2. The van der Waals surface area contributed by atoms with Crippen molar-refractivity contribution in [3.63, 3.8) is 0 Å². The highest BCUT2D eigenvalue weighted by atomic mass is 16.3. The van der Waals surface area contributed by atoms with E-state index in [9.17, 15) is 10.2 Å². The highest BCUT2D eigenvalue weighted by molar-refractivity contribution is 5.60. The molecule has 0 aliphatic carbocycles. The molecule has 4 unspecified atom stereocenters. The smallest absolute Gasteiger partial charge is 0.118 e. The zero-order valence-corrected chi connectivity index (χ0v) is 19.4. The van der Waals surface area contributed by atoms with Crippen molar-refractivity contribution in [2.45, 2.75) is 91.4 Å². The van der Waals surface area contributed by atoms with E-state index in [2.05, 4.69) is 75.6 Å². The van der Waals surface area contributed by atoms with Crippen LogP contribution in [-0.4, -0.2) is 34.4 Å². The molecule has 2 N–H and O–H groups in total. The minimum atomic E-state index is 0.304. The molecule has 4 heteroatoms. The Morgan fingerprint density at radius 2 is 0.967 bits per heavy atom. The van der Waals surface area contributed by atoms with Gasteiger partial charge in [-0.2, -0.15) is 0 Å². The molecule has 3 rings (SSSR count). The standard InChI is InChI=1S/C26H38N2O2/c1-7-9-21-15-23(11-13-25(21)29)27-17(3)19(5)28(20(6)18(27)4)24-12-14-26(30)22(16-24)10-8-2/h11-20,29-30H,7-10H2,1-6H3. The zero-order chi connectivity index (χ0) is 22.0. The van der Waals surface area contributed by atoms with Crippen molar-refractivity contribution in [3.05, 3.63) is 47.5 Å². The van der Waals surface area contributed by atoms with Crippen LogP contribution in [0.5, 0.6) is 11.5 Å². The van der Waals surface area contributed by atoms with E-state index in [1.54, 1.807) is 0 Å². The topological polar surface area (TPSA) is 46.9 Å². The van der Waals surface area contributed by atoms with E-state index < -0.39 is 0 Å². The molecular weight excluding hydrogens is 372 g/mol. The molecule has 1 heterocycles. The van der Waals surface area contributed by atoms with Crippen molar-refractivity contribution in [1.82, 2.24) is 0 Å². The van der Waals surface area contributed by atoms with Crippen LogP contribution in [0.15, 0.2) is 36.4 Å². The van der Waals surface area contributed by atoms with Crippen LogP contribution in [0.1, 0.15) is 65.5 Å². The van der Waals surface area contributed by atoms with Gasteiger partial charge in [-0.05, 0) is 88.1 Å². The first kappa shape index (κ1) is 22.3. The molecule has 0 aromatic heterocycles. The number of nitrogens with zero attached hydrogens (tertiary/aromatic N) is 2. The highest BCUT2D eigenvalue weighted by Gasteiger charge is 2.40. The van der Waals surface area contributed by atoms with Gasteiger partial charge in [-0.25, -0.2) is 0 Å². The van der Waals surface area contributed by atoms with Crippen molar-refractivity contribution in [2.24, 2.45) is 0 Å². The first-order valence-electron chi connectivity index (χ1n) is 11.5. The monoisotopic (exact) mass is 410 g/mol. The van der Waals surface area contributed by atoms with Gasteiger partial charge in [-0.3, -0.25) is 0 Å². The molecule has 4 atom stereocenters. The number of benzene rings is 2. The van der Waals surface area contributed by atoms with Gasteiger partial charge in [0.2, 0.25) is 0 Å². The summed E-state index contributed by atoms with van der Waals surface area (Å²) in [5, 5.41) is 20.5. The minimum Gasteiger partial charge on any atom is -0.508 e. The number of piperazine rings is 1. The summed E-state index contributed by atoms with van der Waals surface area (Å²) in [7, 11) is 0. The third-order valence-corrected chi connectivity index (χ3v) is 6.91. The van der Waals surface area contributed by atoms with E-state index in [-0.39, 0.29) is 0 Å². The summed E-state index contributed by atoms with van der Waals surface area (Å²) in [5.41, 5.74) is 4.43. The van der Waals surface area contributed by atoms with Gasteiger partial charge in [-0.15, -0.1) is 0 Å². The first-order valence-corrected chi connectivity index (χ1v) is 11.5. The fraction of sp³-hybridized carbons (Fsp3) is 0.538. The van der Waals surface area contributed by atoms with E-state index in [1.165, 1.54) is 11.4 Å². The molecule has 4 nitrogen and oxygen atoms in total. The van der Waals surface area contributed by atoms with Crippen LogP contribution in [0.2, 0.25) is 0 Å². The molecule has 1 saturated heterocycles. The number of hydrogen-bond acceptors (Lipinski definition) is 4. The molecule has 1 fully saturated rings. The number of phenolic OH excluding ortho intramolecular Hbond substituents is 2. The fourth-order valence-corrected chi connectivity index (χ4v) is 5.02. The Balaban J connectivity index is 1.95. The lowest BCUT2D eigenvalue weighted by atomic mass is 9.92. The molecule has 0 radical (unpaired) electrons. The molecule has 2 aromatic carbocycles. The van der Waals surface area contributed by atoms with Crippen molar-refractivity contribution < 1.29 is 10.2 Å². The normalized spacial score (nSPS) is 24.3. The number of aromatic hydroxyl groups is 2. The van der Waals surface area contributed by atoms with Gasteiger partial charge < -0.3 is 20.0 Å². The third-order valence-electron chi connectivity index (χ3n) is 6.91. The summed E-state index contributed by atoms with van der Waals surface area (Å²) in [6, 6.07) is 13.3. The number of rotatable bonds is 6. The summed E-state index contributed by atoms with van der Waals surface area (Å²) in [6.07, 6.45) is 3.82. The van der Waals surface area contributed by atoms with E-state index in [1.807, 2.05) is 12.1 Å². The van der Waals surface area contributed by atoms with Gasteiger partial charge in [0.15, 0.2) is 0 Å².